The van der Waals surface area contributed by atoms with E-state index in [4.69, 9.17) is 18.5 Å². The number of carbonyl (C=O) groups excluding carboxylic acids is 1. The van der Waals surface area contributed by atoms with Gasteiger partial charge in [-0.15, -0.1) is 0 Å². The Balaban J connectivity index is 2.35. The molecule has 0 aromatic rings. The normalized spacial score (nSPS) is 21.7. The SMILES string of the molecule is CCCCCC/C=C\C/C=C\CCCCCCCCCCOCC(COP(=O)(O)OC1C(O)C(O)C(O)C(O)C1O)OC(=O)CCCCCCCC/C=C\C/C=C\C/C=C\CCCCCCC. The molecule has 1 aliphatic carbocycles. The molecule has 13 heteroatoms. The third kappa shape index (κ3) is 35.7. The van der Waals surface area contributed by atoms with Crippen molar-refractivity contribution >= 4 is 13.8 Å². The zero-order valence-electron chi connectivity index (χ0n) is 41.9. The molecule has 12 nitrogen and oxygen atoms in total. The van der Waals surface area contributed by atoms with Crippen LogP contribution < -0.4 is 0 Å². The van der Waals surface area contributed by atoms with Gasteiger partial charge in [-0.2, -0.15) is 0 Å². The number of allylic oxidation sites excluding steroid dienone is 10. The number of rotatable bonds is 45. The lowest BCUT2D eigenvalue weighted by molar-refractivity contribution is -0.220. The van der Waals surface area contributed by atoms with Gasteiger partial charge in [0, 0.05) is 13.0 Å². The fourth-order valence-corrected chi connectivity index (χ4v) is 8.84. The number of aliphatic hydroxyl groups excluding tert-OH is 5. The second-order valence-electron chi connectivity index (χ2n) is 18.4. The fraction of sp³-hybridized carbons (Fsp3) is 0.796. The summed E-state index contributed by atoms with van der Waals surface area (Å²) in [5.74, 6) is -0.492. The van der Waals surface area contributed by atoms with E-state index < -0.39 is 63.1 Å². The molecule has 0 aromatic carbocycles. The standard InChI is InChI=1S/C54H97O12P/c1-3-5-7-9-11-13-15-17-19-21-23-24-25-27-29-31-33-35-37-39-41-43-48(55)65-47(46-64-67(61,62)66-54-52(59)50(57)49(56)51(58)53(54)60)45-63-44-42-40-38-36-34-32-30-28-26-22-20-18-16-14-12-10-8-6-4-2/h14-17,20-23,25,27,47,49-54,56-60H,3-13,18-19,24,26,28-46H2,1-2H3,(H,61,62)/b16-14-,17-15-,22-20-,23-21-,27-25-. The molecule has 1 saturated carbocycles. The van der Waals surface area contributed by atoms with Crippen LogP contribution in [-0.2, 0) is 27.9 Å². The summed E-state index contributed by atoms with van der Waals surface area (Å²) in [5.41, 5.74) is 0. The van der Waals surface area contributed by atoms with Crippen LogP contribution in [0.4, 0.5) is 0 Å². The van der Waals surface area contributed by atoms with Crippen LogP contribution in [0.1, 0.15) is 213 Å². The average Bonchev–Trinajstić information content (AvgIpc) is 3.31. The van der Waals surface area contributed by atoms with E-state index in [1.807, 2.05) is 0 Å². The number of aliphatic hydroxyl groups is 5. The van der Waals surface area contributed by atoms with E-state index in [9.17, 15) is 39.8 Å². The number of ether oxygens (including phenoxy) is 2. The van der Waals surface area contributed by atoms with Gasteiger partial charge < -0.3 is 39.9 Å². The largest absolute Gasteiger partial charge is 0.472 e. The predicted molar refractivity (Wildman–Crippen MR) is 272 cm³/mol. The molecule has 0 aromatic heterocycles. The molecular weight excluding hydrogens is 872 g/mol. The molecule has 390 valence electrons. The number of unbranched alkanes of at least 4 members (excludes halogenated alkanes) is 23. The van der Waals surface area contributed by atoms with Crippen LogP contribution in [0.15, 0.2) is 60.8 Å². The van der Waals surface area contributed by atoms with Gasteiger partial charge in [-0.05, 0) is 83.5 Å². The highest BCUT2D eigenvalue weighted by atomic mass is 31.2. The van der Waals surface area contributed by atoms with Crippen molar-refractivity contribution in [2.75, 3.05) is 19.8 Å². The van der Waals surface area contributed by atoms with Gasteiger partial charge in [0.25, 0.3) is 0 Å². The molecule has 1 fully saturated rings. The lowest BCUT2D eigenvalue weighted by Crippen LogP contribution is -2.64. The van der Waals surface area contributed by atoms with E-state index in [0.717, 1.165) is 89.9 Å². The van der Waals surface area contributed by atoms with Crippen molar-refractivity contribution in [1.82, 2.24) is 0 Å². The summed E-state index contributed by atoms with van der Waals surface area (Å²) >= 11 is 0. The van der Waals surface area contributed by atoms with E-state index in [2.05, 4.69) is 74.6 Å². The van der Waals surface area contributed by atoms with Gasteiger partial charge in [0.05, 0.1) is 13.2 Å². The van der Waals surface area contributed by atoms with Gasteiger partial charge in [0.1, 0.15) is 42.7 Å². The van der Waals surface area contributed by atoms with Crippen LogP contribution in [0.25, 0.3) is 0 Å². The minimum Gasteiger partial charge on any atom is -0.457 e. The molecular formula is C54H97O12P. The van der Waals surface area contributed by atoms with Gasteiger partial charge in [0.15, 0.2) is 0 Å². The quantitative estimate of drug-likeness (QED) is 0.0147. The Kier molecular flexibility index (Phi) is 41.4. The third-order valence-electron chi connectivity index (χ3n) is 12.1. The van der Waals surface area contributed by atoms with E-state index in [0.29, 0.717) is 13.0 Å². The smallest absolute Gasteiger partial charge is 0.457 e. The van der Waals surface area contributed by atoms with Crippen LogP contribution in [0.2, 0.25) is 0 Å². The summed E-state index contributed by atoms with van der Waals surface area (Å²) in [5, 5.41) is 50.3. The Morgan fingerprint density at radius 2 is 0.836 bits per heavy atom. The Morgan fingerprint density at radius 1 is 0.478 bits per heavy atom. The number of phosphoric acid groups is 1. The van der Waals surface area contributed by atoms with Crippen molar-refractivity contribution in [3.05, 3.63) is 60.8 Å². The first kappa shape index (κ1) is 63.1. The van der Waals surface area contributed by atoms with Crippen molar-refractivity contribution in [3.63, 3.8) is 0 Å². The zero-order valence-corrected chi connectivity index (χ0v) is 42.8. The highest BCUT2D eigenvalue weighted by Crippen LogP contribution is 2.47. The van der Waals surface area contributed by atoms with Gasteiger partial charge in [-0.25, -0.2) is 4.57 Å². The molecule has 0 saturated heterocycles. The zero-order chi connectivity index (χ0) is 49.1. The molecule has 6 atom stereocenters. The number of carbonyl (C=O) groups is 1. The first-order valence-corrected chi connectivity index (χ1v) is 28.1. The van der Waals surface area contributed by atoms with Gasteiger partial charge in [-0.1, -0.05) is 184 Å². The number of hydrogen-bond donors (Lipinski definition) is 6. The molecule has 6 N–H and O–H groups in total. The molecule has 0 spiro atoms. The van der Waals surface area contributed by atoms with Crippen LogP contribution in [0.3, 0.4) is 0 Å². The molecule has 0 radical (unpaired) electrons. The molecule has 0 aliphatic heterocycles. The summed E-state index contributed by atoms with van der Waals surface area (Å²) < 4.78 is 34.3. The van der Waals surface area contributed by atoms with Gasteiger partial charge >= 0.3 is 13.8 Å². The molecule has 1 aliphatic rings. The summed E-state index contributed by atoms with van der Waals surface area (Å²) in [6.07, 6.45) is 44.2. The number of esters is 1. The molecule has 1 rings (SSSR count). The van der Waals surface area contributed by atoms with Crippen molar-refractivity contribution in [1.29, 1.82) is 0 Å². The van der Waals surface area contributed by atoms with Crippen LogP contribution in [0, 0.1) is 0 Å². The van der Waals surface area contributed by atoms with E-state index >= 15 is 0 Å². The number of phosphoric ester groups is 1. The Bertz CT molecular complexity index is 1340. The third-order valence-corrected chi connectivity index (χ3v) is 13.1. The molecule has 67 heavy (non-hydrogen) atoms. The van der Waals surface area contributed by atoms with Gasteiger partial charge in [0.2, 0.25) is 0 Å². The first-order valence-electron chi connectivity index (χ1n) is 26.6. The molecule has 0 bridgehead atoms. The van der Waals surface area contributed by atoms with Crippen LogP contribution >= 0.6 is 7.82 Å². The monoisotopic (exact) mass is 969 g/mol. The maximum absolute atomic E-state index is 12.9. The fourth-order valence-electron chi connectivity index (χ4n) is 7.86. The lowest BCUT2D eigenvalue weighted by atomic mass is 9.85. The van der Waals surface area contributed by atoms with Crippen LogP contribution in [0.5, 0.6) is 0 Å². The second kappa shape index (κ2) is 44.0. The van der Waals surface area contributed by atoms with E-state index in [1.54, 1.807) is 0 Å². The molecule has 0 amide bonds. The van der Waals surface area contributed by atoms with Gasteiger partial charge in [-0.3, -0.25) is 13.8 Å². The highest BCUT2D eigenvalue weighted by molar-refractivity contribution is 7.47. The number of hydrogen-bond acceptors (Lipinski definition) is 11. The summed E-state index contributed by atoms with van der Waals surface area (Å²) in [4.78, 5) is 23.3. The Hall–Kier alpha value is -1.96. The summed E-state index contributed by atoms with van der Waals surface area (Å²) in [6.45, 7) is 4.22. The average molecular weight is 969 g/mol. The Labute approximate surface area is 407 Å². The van der Waals surface area contributed by atoms with Crippen LogP contribution in [-0.4, -0.2) is 98.9 Å². The first-order chi connectivity index (χ1) is 32.5. The molecule has 6 unspecified atom stereocenters. The lowest BCUT2D eigenvalue weighted by Gasteiger charge is -2.41. The van der Waals surface area contributed by atoms with E-state index in [1.165, 1.54) is 96.3 Å². The maximum atomic E-state index is 12.9. The van der Waals surface area contributed by atoms with Crippen molar-refractivity contribution in [3.8, 4) is 0 Å². The minimum atomic E-state index is -5.03. The summed E-state index contributed by atoms with van der Waals surface area (Å²) in [6, 6.07) is 0. The second-order valence-corrected chi connectivity index (χ2v) is 19.8. The Morgan fingerprint density at radius 3 is 1.28 bits per heavy atom. The van der Waals surface area contributed by atoms with Crippen molar-refractivity contribution < 1.29 is 58.3 Å². The van der Waals surface area contributed by atoms with E-state index in [-0.39, 0.29) is 13.0 Å². The van der Waals surface area contributed by atoms with Crippen molar-refractivity contribution in [2.24, 2.45) is 0 Å². The van der Waals surface area contributed by atoms with Crippen molar-refractivity contribution in [2.45, 2.75) is 256 Å². The maximum Gasteiger partial charge on any atom is 0.472 e. The highest BCUT2D eigenvalue weighted by Gasteiger charge is 2.51. The minimum absolute atomic E-state index is 0.0881. The molecule has 0 heterocycles. The summed E-state index contributed by atoms with van der Waals surface area (Å²) in [7, 11) is -5.03. The topological polar surface area (TPSA) is 192 Å². The predicted octanol–water partition coefficient (Wildman–Crippen LogP) is 12.1.